The molecule has 6 heteroatoms. The summed E-state index contributed by atoms with van der Waals surface area (Å²) in [4.78, 5) is 2.81. The lowest BCUT2D eigenvalue weighted by molar-refractivity contribution is 0.446. The zero-order chi connectivity index (χ0) is 13.4. The topological polar surface area (TPSA) is 20.7 Å². The Morgan fingerprint density at radius 3 is 2.22 bits per heavy atom. The first-order valence-electron chi connectivity index (χ1n) is 5.37. The number of nitrogens with zero attached hydrogens (tertiary/aromatic N) is 1. The van der Waals surface area contributed by atoms with E-state index in [0.717, 1.165) is 17.8 Å². The van der Waals surface area contributed by atoms with E-state index in [4.69, 9.17) is 12.2 Å². The molecule has 0 saturated carbocycles. The first-order chi connectivity index (χ1) is 8.41. The van der Waals surface area contributed by atoms with E-state index in [9.17, 15) is 13.2 Å². The highest BCUT2D eigenvalue weighted by Crippen LogP contribution is 2.22. The number of halogens is 3. The Bertz CT molecular complexity index is 620. The Hall–Kier alpha value is -1.56. The van der Waals surface area contributed by atoms with E-state index in [2.05, 4.69) is 4.98 Å². The van der Waals surface area contributed by atoms with Gasteiger partial charge in [-0.3, -0.25) is 4.57 Å². The smallest absolute Gasteiger partial charge is 0.194 e. The molecule has 0 radical (unpaired) electrons. The van der Waals surface area contributed by atoms with E-state index in [1.807, 2.05) is 13.8 Å². The van der Waals surface area contributed by atoms with Gasteiger partial charge in [0.1, 0.15) is 0 Å². The van der Waals surface area contributed by atoms with Crippen molar-refractivity contribution in [2.45, 2.75) is 19.8 Å². The maximum Gasteiger partial charge on any atom is 0.194 e. The molecule has 1 aromatic heterocycles. The summed E-state index contributed by atoms with van der Waals surface area (Å²) in [6, 6.07) is 1.85. The van der Waals surface area contributed by atoms with Crippen molar-refractivity contribution in [2.24, 2.45) is 0 Å². The summed E-state index contributed by atoms with van der Waals surface area (Å²) < 4.78 is 41.2. The number of aromatic nitrogens is 2. The molecule has 0 spiro atoms. The standard InChI is InChI=1S/C12H11F3N2S/c1-6(2)10-5-16-12(18)17(10)7-3-8(13)11(15)9(14)4-7/h3-6H,1-2H3,(H,16,18). The predicted molar refractivity (Wildman–Crippen MR) is 64.9 cm³/mol. The number of nitrogens with one attached hydrogen (secondary N) is 1. The molecular weight excluding hydrogens is 261 g/mol. The van der Waals surface area contributed by atoms with Crippen LogP contribution in [-0.4, -0.2) is 9.55 Å². The molecule has 2 nitrogen and oxygen atoms in total. The Morgan fingerprint density at radius 2 is 1.72 bits per heavy atom. The summed E-state index contributed by atoms with van der Waals surface area (Å²) in [5.74, 6) is -3.84. The zero-order valence-corrected chi connectivity index (χ0v) is 10.6. The third-order valence-corrected chi connectivity index (χ3v) is 2.92. The normalized spacial score (nSPS) is 11.2. The predicted octanol–water partition coefficient (Wildman–Crippen LogP) is 4.08. The van der Waals surface area contributed by atoms with Crippen LogP contribution in [0, 0.1) is 22.2 Å². The van der Waals surface area contributed by atoms with E-state index < -0.39 is 17.5 Å². The van der Waals surface area contributed by atoms with Crippen LogP contribution in [-0.2, 0) is 0 Å². The van der Waals surface area contributed by atoms with Crippen molar-refractivity contribution >= 4 is 12.2 Å². The number of aromatic amines is 1. The Balaban J connectivity index is 2.70. The van der Waals surface area contributed by atoms with Crippen molar-refractivity contribution < 1.29 is 13.2 Å². The van der Waals surface area contributed by atoms with E-state index in [1.165, 1.54) is 4.57 Å². The van der Waals surface area contributed by atoms with Gasteiger partial charge in [-0.05, 0) is 18.1 Å². The van der Waals surface area contributed by atoms with Crippen molar-refractivity contribution in [2.75, 3.05) is 0 Å². The Morgan fingerprint density at radius 1 is 1.17 bits per heavy atom. The highest BCUT2D eigenvalue weighted by Gasteiger charge is 2.15. The molecule has 18 heavy (non-hydrogen) atoms. The van der Waals surface area contributed by atoms with Crippen LogP contribution in [0.3, 0.4) is 0 Å². The monoisotopic (exact) mass is 272 g/mol. The van der Waals surface area contributed by atoms with Gasteiger partial charge >= 0.3 is 0 Å². The zero-order valence-electron chi connectivity index (χ0n) is 9.80. The number of hydrogen-bond acceptors (Lipinski definition) is 1. The van der Waals surface area contributed by atoms with Gasteiger partial charge in [0.15, 0.2) is 22.2 Å². The van der Waals surface area contributed by atoms with Crippen LogP contribution in [0.25, 0.3) is 5.69 Å². The number of hydrogen-bond donors (Lipinski definition) is 1. The molecule has 0 fully saturated rings. The van der Waals surface area contributed by atoms with E-state index in [-0.39, 0.29) is 11.6 Å². The van der Waals surface area contributed by atoms with Gasteiger partial charge in [-0.2, -0.15) is 0 Å². The second-order valence-electron chi connectivity index (χ2n) is 4.23. The van der Waals surface area contributed by atoms with Gasteiger partial charge in [0, 0.05) is 24.0 Å². The molecule has 0 aliphatic heterocycles. The second-order valence-corrected chi connectivity index (χ2v) is 4.62. The number of imidazole rings is 1. The highest BCUT2D eigenvalue weighted by atomic mass is 32.1. The molecule has 2 rings (SSSR count). The second kappa shape index (κ2) is 4.61. The summed E-state index contributed by atoms with van der Waals surface area (Å²) in [6.45, 7) is 3.84. The summed E-state index contributed by atoms with van der Waals surface area (Å²) in [5, 5.41) is 0. The number of benzene rings is 1. The van der Waals surface area contributed by atoms with Gasteiger partial charge < -0.3 is 4.98 Å². The van der Waals surface area contributed by atoms with Crippen molar-refractivity contribution in [1.29, 1.82) is 0 Å². The fraction of sp³-hybridized carbons (Fsp3) is 0.250. The molecule has 1 aromatic carbocycles. The Kier molecular flexibility index (Phi) is 3.30. The molecule has 1 N–H and O–H groups in total. The van der Waals surface area contributed by atoms with Crippen molar-refractivity contribution in [1.82, 2.24) is 9.55 Å². The fourth-order valence-electron chi connectivity index (χ4n) is 1.74. The van der Waals surface area contributed by atoms with Crippen LogP contribution < -0.4 is 0 Å². The van der Waals surface area contributed by atoms with Gasteiger partial charge in [-0.1, -0.05) is 13.8 Å². The van der Waals surface area contributed by atoms with Gasteiger partial charge in [0.05, 0.1) is 5.69 Å². The average molecular weight is 272 g/mol. The molecule has 0 bridgehead atoms. The van der Waals surface area contributed by atoms with Crippen molar-refractivity contribution in [3.8, 4) is 5.69 Å². The van der Waals surface area contributed by atoms with Crippen molar-refractivity contribution in [3.05, 3.63) is 46.2 Å². The maximum atomic E-state index is 13.2. The third kappa shape index (κ3) is 2.08. The molecule has 0 unspecified atom stereocenters. The molecular formula is C12H11F3N2S. The molecule has 0 saturated heterocycles. The van der Waals surface area contributed by atoms with E-state index >= 15 is 0 Å². The summed E-state index contributed by atoms with van der Waals surface area (Å²) >= 11 is 5.06. The first kappa shape index (κ1) is 12.9. The first-order valence-corrected chi connectivity index (χ1v) is 5.78. The number of rotatable bonds is 2. The molecule has 0 atom stereocenters. The molecule has 2 aromatic rings. The lowest BCUT2D eigenvalue weighted by Gasteiger charge is -2.11. The Labute approximate surface area is 107 Å². The minimum atomic E-state index is -1.48. The average Bonchev–Trinajstić information content (AvgIpc) is 2.67. The molecule has 0 aliphatic rings. The van der Waals surface area contributed by atoms with Crippen LogP contribution in [0.5, 0.6) is 0 Å². The van der Waals surface area contributed by atoms with Crippen molar-refractivity contribution in [3.63, 3.8) is 0 Å². The quantitative estimate of drug-likeness (QED) is 0.645. The maximum absolute atomic E-state index is 13.2. The lowest BCUT2D eigenvalue weighted by atomic mass is 10.1. The molecule has 0 aliphatic carbocycles. The summed E-state index contributed by atoms with van der Waals surface area (Å²) in [7, 11) is 0. The van der Waals surface area contributed by atoms with Gasteiger partial charge in [-0.25, -0.2) is 13.2 Å². The largest absolute Gasteiger partial charge is 0.337 e. The summed E-state index contributed by atoms with van der Waals surface area (Å²) in [6.07, 6.45) is 1.67. The lowest BCUT2D eigenvalue weighted by Crippen LogP contribution is -2.04. The summed E-state index contributed by atoms with van der Waals surface area (Å²) in [5.41, 5.74) is 0.937. The van der Waals surface area contributed by atoms with Crippen LogP contribution in [0.2, 0.25) is 0 Å². The highest BCUT2D eigenvalue weighted by molar-refractivity contribution is 7.71. The minimum absolute atomic E-state index is 0.106. The van der Waals surface area contributed by atoms with E-state index in [1.54, 1.807) is 6.20 Å². The third-order valence-electron chi connectivity index (χ3n) is 2.62. The van der Waals surface area contributed by atoms with Crippen LogP contribution >= 0.6 is 12.2 Å². The van der Waals surface area contributed by atoms with Crippen LogP contribution in [0.1, 0.15) is 25.5 Å². The van der Waals surface area contributed by atoms with Crippen LogP contribution in [0.15, 0.2) is 18.3 Å². The molecule has 96 valence electrons. The molecule has 1 heterocycles. The van der Waals surface area contributed by atoms with Gasteiger partial charge in [0.25, 0.3) is 0 Å². The van der Waals surface area contributed by atoms with Gasteiger partial charge in [0.2, 0.25) is 0 Å². The SMILES string of the molecule is CC(C)c1c[nH]c(=S)n1-c1cc(F)c(F)c(F)c1. The minimum Gasteiger partial charge on any atom is -0.337 e. The fourth-order valence-corrected chi connectivity index (χ4v) is 2.01. The molecule has 0 amide bonds. The van der Waals surface area contributed by atoms with Gasteiger partial charge in [-0.15, -0.1) is 0 Å². The van der Waals surface area contributed by atoms with E-state index in [0.29, 0.717) is 4.77 Å². The number of H-pyrrole nitrogens is 1. The van der Waals surface area contributed by atoms with Crippen LogP contribution in [0.4, 0.5) is 13.2 Å².